The van der Waals surface area contributed by atoms with Crippen LogP contribution in [-0.4, -0.2) is 38.7 Å². The van der Waals surface area contributed by atoms with Gasteiger partial charge in [-0.3, -0.25) is 9.59 Å². The molecule has 2 heterocycles. The van der Waals surface area contributed by atoms with Gasteiger partial charge in [0, 0.05) is 31.8 Å². The fraction of sp³-hybridized carbons (Fsp3) is 0.348. The molecule has 0 spiro atoms. The van der Waals surface area contributed by atoms with Gasteiger partial charge in [0.25, 0.3) is 5.91 Å². The molecule has 0 radical (unpaired) electrons. The molecule has 0 aliphatic rings. The van der Waals surface area contributed by atoms with Crippen molar-refractivity contribution in [3.63, 3.8) is 0 Å². The molecule has 0 bridgehead atoms. The first-order valence-electron chi connectivity index (χ1n) is 10.2. The van der Waals surface area contributed by atoms with Gasteiger partial charge in [-0.2, -0.15) is 5.10 Å². The Morgan fingerprint density at radius 3 is 2.38 bits per heavy atom. The van der Waals surface area contributed by atoms with Gasteiger partial charge < -0.3 is 14.8 Å². The predicted molar refractivity (Wildman–Crippen MR) is 119 cm³/mol. The molecule has 2 aromatic heterocycles. The lowest BCUT2D eigenvalue weighted by Crippen LogP contribution is -2.29. The van der Waals surface area contributed by atoms with Crippen LogP contribution in [-0.2, 0) is 11.8 Å². The molecule has 9 nitrogen and oxygen atoms in total. The van der Waals surface area contributed by atoms with Gasteiger partial charge in [0.2, 0.25) is 5.75 Å². The third-order valence-electron chi connectivity index (χ3n) is 4.90. The zero-order valence-electron chi connectivity index (χ0n) is 19.0. The first kappa shape index (κ1) is 22.9. The maximum atomic E-state index is 12.9. The smallest absolute Gasteiger partial charge is 0.308 e. The molecule has 0 unspecified atom stereocenters. The van der Waals surface area contributed by atoms with Crippen LogP contribution in [0.1, 0.15) is 61.5 Å². The molecular weight excluding hydrogens is 410 g/mol. The summed E-state index contributed by atoms with van der Waals surface area (Å²) in [5.74, 6) is 0.651. The number of aromatic nitrogens is 4. The minimum Gasteiger partial charge on any atom is -0.493 e. The van der Waals surface area contributed by atoms with Crippen molar-refractivity contribution in [2.45, 2.75) is 39.7 Å². The lowest BCUT2D eigenvalue weighted by molar-refractivity contribution is -0.132. The average Bonchev–Trinajstić information content (AvgIpc) is 3.15. The topological polar surface area (TPSA) is 108 Å². The summed E-state index contributed by atoms with van der Waals surface area (Å²) < 4.78 is 12.0. The maximum absolute atomic E-state index is 12.9. The standard InChI is InChI=1S/C23H27N5O4/c1-13(2)16-7-9-17(10-8-16)22-26-21(27-28(22)5)14(3)25-23(30)19-20(32-15(4)29)18(31-6)11-12-24-19/h7-14H,1-6H3,(H,25,30)/t14-/m0/s1. The molecule has 32 heavy (non-hydrogen) atoms. The number of hydrogen-bond acceptors (Lipinski definition) is 7. The number of nitrogens with zero attached hydrogens (tertiary/aromatic N) is 4. The van der Waals surface area contributed by atoms with E-state index in [2.05, 4.69) is 46.4 Å². The number of rotatable bonds is 7. The molecule has 0 aliphatic carbocycles. The Kier molecular flexibility index (Phi) is 6.87. The molecule has 1 amide bonds. The van der Waals surface area contributed by atoms with Crippen molar-refractivity contribution in [2.24, 2.45) is 7.05 Å². The van der Waals surface area contributed by atoms with Crippen LogP contribution in [0.3, 0.4) is 0 Å². The number of esters is 1. The fourth-order valence-corrected chi connectivity index (χ4v) is 3.18. The third kappa shape index (κ3) is 4.93. The molecule has 0 fully saturated rings. The van der Waals surface area contributed by atoms with Gasteiger partial charge in [0.15, 0.2) is 23.1 Å². The Labute approximate surface area is 186 Å². The van der Waals surface area contributed by atoms with Crippen molar-refractivity contribution in [2.75, 3.05) is 7.11 Å². The van der Waals surface area contributed by atoms with Gasteiger partial charge in [-0.1, -0.05) is 38.1 Å². The van der Waals surface area contributed by atoms with Gasteiger partial charge in [-0.25, -0.2) is 14.6 Å². The summed E-state index contributed by atoms with van der Waals surface area (Å²) in [5, 5.41) is 7.26. The zero-order valence-corrected chi connectivity index (χ0v) is 19.0. The van der Waals surface area contributed by atoms with Crippen molar-refractivity contribution in [1.82, 2.24) is 25.1 Å². The van der Waals surface area contributed by atoms with E-state index in [9.17, 15) is 9.59 Å². The van der Waals surface area contributed by atoms with Crippen LogP contribution in [0.5, 0.6) is 11.5 Å². The van der Waals surface area contributed by atoms with Crippen molar-refractivity contribution >= 4 is 11.9 Å². The van der Waals surface area contributed by atoms with E-state index in [1.807, 2.05) is 12.1 Å². The largest absolute Gasteiger partial charge is 0.493 e. The van der Waals surface area contributed by atoms with Crippen LogP contribution in [0.2, 0.25) is 0 Å². The Balaban J connectivity index is 1.82. The highest BCUT2D eigenvalue weighted by Crippen LogP contribution is 2.30. The second-order valence-electron chi connectivity index (χ2n) is 7.67. The highest BCUT2D eigenvalue weighted by atomic mass is 16.6. The Morgan fingerprint density at radius 1 is 1.09 bits per heavy atom. The quantitative estimate of drug-likeness (QED) is 0.564. The van der Waals surface area contributed by atoms with Gasteiger partial charge in [-0.15, -0.1) is 0 Å². The molecule has 0 aliphatic heterocycles. The number of aryl methyl sites for hydroxylation is 1. The molecular formula is C23H27N5O4. The molecule has 9 heteroatoms. The Bertz CT molecular complexity index is 1120. The molecule has 168 valence electrons. The molecule has 1 N–H and O–H groups in total. The number of ether oxygens (including phenoxy) is 2. The summed E-state index contributed by atoms with van der Waals surface area (Å²) >= 11 is 0. The fourth-order valence-electron chi connectivity index (χ4n) is 3.18. The van der Waals surface area contributed by atoms with Crippen LogP contribution >= 0.6 is 0 Å². The van der Waals surface area contributed by atoms with Crippen LogP contribution in [0.4, 0.5) is 0 Å². The Morgan fingerprint density at radius 2 is 1.78 bits per heavy atom. The normalized spacial score (nSPS) is 11.8. The average molecular weight is 438 g/mol. The van der Waals surface area contributed by atoms with Crippen LogP contribution < -0.4 is 14.8 Å². The van der Waals surface area contributed by atoms with E-state index in [-0.39, 0.29) is 17.2 Å². The summed E-state index contributed by atoms with van der Waals surface area (Å²) in [6, 6.07) is 9.16. The minimum absolute atomic E-state index is 0.0351. The minimum atomic E-state index is -0.585. The van der Waals surface area contributed by atoms with Crippen molar-refractivity contribution in [3.8, 4) is 22.9 Å². The molecule has 0 saturated heterocycles. The van der Waals surface area contributed by atoms with E-state index in [1.165, 1.54) is 31.9 Å². The molecule has 3 aromatic rings. The van der Waals surface area contributed by atoms with E-state index >= 15 is 0 Å². The second kappa shape index (κ2) is 9.59. The van der Waals surface area contributed by atoms with Gasteiger partial charge >= 0.3 is 5.97 Å². The van der Waals surface area contributed by atoms with Crippen molar-refractivity contribution in [3.05, 3.63) is 53.6 Å². The van der Waals surface area contributed by atoms with Crippen molar-refractivity contribution < 1.29 is 19.1 Å². The molecule has 1 aromatic carbocycles. The predicted octanol–water partition coefficient (Wildman–Crippen LogP) is 3.43. The number of benzene rings is 1. The zero-order chi connectivity index (χ0) is 23.4. The lowest BCUT2D eigenvalue weighted by atomic mass is 10.0. The van der Waals surface area contributed by atoms with Crippen LogP contribution in [0.15, 0.2) is 36.5 Å². The maximum Gasteiger partial charge on any atom is 0.308 e. The first-order chi connectivity index (χ1) is 15.2. The summed E-state index contributed by atoms with van der Waals surface area (Å²) in [4.78, 5) is 33.0. The van der Waals surface area contributed by atoms with E-state index in [0.29, 0.717) is 17.6 Å². The monoisotopic (exact) mass is 437 g/mol. The molecule has 1 atom stereocenters. The number of nitrogens with one attached hydrogen (secondary N) is 1. The third-order valence-corrected chi connectivity index (χ3v) is 4.90. The lowest BCUT2D eigenvalue weighted by Gasteiger charge is -2.14. The number of methoxy groups -OCH3 is 1. The second-order valence-corrected chi connectivity index (χ2v) is 7.67. The Hall–Kier alpha value is -3.75. The van der Waals surface area contributed by atoms with E-state index < -0.39 is 17.9 Å². The van der Waals surface area contributed by atoms with E-state index in [4.69, 9.17) is 9.47 Å². The van der Waals surface area contributed by atoms with E-state index in [1.54, 1.807) is 18.7 Å². The summed E-state index contributed by atoms with van der Waals surface area (Å²) in [6.45, 7) is 7.29. The number of carbonyl (C=O) groups is 2. The number of carbonyl (C=O) groups excluding carboxylic acids is 2. The molecule has 3 rings (SSSR count). The van der Waals surface area contributed by atoms with Crippen LogP contribution in [0, 0.1) is 0 Å². The summed E-state index contributed by atoms with van der Waals surface area (Å²) in [7, 11) is 3.22. The highest BCUT2D eigenvalue weighted by molar-refractivity contribution is 5.96. The number of amides is 1. The highest BCUT2D eigenvalue weighted by Gasteiger charge is 2.24. The van der Waals surface area contributed by atoms with E-state index in [0.717, 1.165) is 5.56 Å². The summed E-state index contributed by atoms with van der Waals surface area (Å²) in [5.41, 5.74) is 2.11. The van der Waals surface area contributed by atoms with Crippen molar-refractivity contribution in [1.29, 1.82) is 0 Å². The SMILES string of the molecule is COc1ccnc(C(=O)N[C@@H](C)c2nc(-c3ccc(C(C)C)cc3)n(C)n2)c1OC(C)=O. The van der Waals surface area contributed by atoms with Gasteiger partial charge in [-0.05, 0) is 18.4 Å². The molecule has 0 saturated carbocycles. The number of pyridine rings is 1. The van der Waals surface area contributed by atoms with Gasteiger partial charge in [0.05, 0.1) is 13.2 Å². The summed E-state index contributed by atoms with van der Waals surface area (Å²) in [6.07, 6.45) is 1.41. The number of hydrogen-bond donors (Lipinski definition) is 1. The first-order valence-corrected chi connectivity index (χ1v) is 10.2. The van der Waals surface area contributed by atoms with Gasteiger partial charge in [0.1, 0.15) is 0 Å². The van der Waals surface area contributed by atoms with Crippen LogP contribution in [0.25, 0.3) is 11.4 Å².